The number of hydrazone groups is 1. The number of ether oxygens (including phenoxy) is 3. The fourth-order valence-corrected chi connectivity index (χ4v) is 4.61. The maximum absolute atomic E-state index is 6.48. The first kappa shape index (κ1) is 18.1. The molecule has 0 saturated heterocycles. The standard InChI is InChI=1S/C23H22N2O3S/c1-3-27-21-6-4-5-18-20-13-19(15-7-9-17(26-2)10-8-15)24-25(20)23(28-22(18)21)16-11-12-29-14-16/h4-12,14,20,23H,3,13H2,1-2H3. The Morgan fingerprint density at radius 2 is 2.03 bits per heavy atom. The minimum absolute atomic E-state index is 0.112. The van der Waals surface area contributed by atoms with Gasteiger partial charge in [0.05, 0.1) is 25.5 Å². The minimum Gasteiger partial charge on any atom is -0.497 e. The van der Waals surface area contributed by atoms with Crippen LogP contribution < -0.4 is 14.2 Å². The fraction of sp³-hybridized carbons (Fsp3) is 0.261. The predicted molar refractivity (Wildman–Crippen MR) is 114 cm³/mol. The normalized spacial score (nSPS) is 19.8. The third-order valence-corrected chi connectivity index (χ3v) is 6.03. The Kier molecular flexibility index (Phi) is 4.64. The number of benzene rings is 2. The first-order valence-corrected chi connectivity index (χ1v) is 10.7. The van der Waals surface area contributed by atoms with Crippen LogP contribution in [0.1, 0.15) is 42.3 Å². The van der Waals surface area contributed by atoms with Crippen molar-refractivity contribution >= 4 is 17.0 Å². The summed E-state index contributed by atoms with van der Waals surface area (Å²) in [6.07, 6.45) is 0.551. The second-order valence-electron chi connectivity index (χ2n) is 7.01. The number of hydrogen-bond donors (Lipinski definition) is 0. The highest BCUT2D eigenvalue weighted by Crippen LogP contribution is 2.50. The topological polar surface area (TPSA) is 43.3 Å². The maximum atomic E-state index is 6.48. The number of nitrogens with zero attached hydrogens (tertiary/aromatic N) is 2. The average molecular weight is 407 g/mol. The van der Waals surface area contributed by atoms with Gasteiger partial charge in [0, 0.05) is 17.5 Å². The van der Waals surface area contributed by atoms with Crippen LogP contribution in [-0.2, 0) is 0 Å². The lowest BCUT2D eigenvalue weighted by Gasteiger charge is -2.38. The summed E-state index contributed by atoms with van der Waals surface area (Å²) in [5, 5.41) is 11.3. The monoisotopic (exact) mass is 406 g/mol. The first-order valence-electron chi connectivity index (χ1n) is 9.73. The molecule has 2 aliphatic heterocycles. The van der Waals surface area contributed by atoms with E-state index in [1.165, 1.54) is 0 Å². The zero-order valence-electron chi connectivity index (χ0n) is 16.4. The van der Waals surface area contributed by atoms with Gasteiger partial charge in [-0.2, -0.15) is 16.4 Å². The van der Waals surface area contributed by atoms with Gasteiger partial charge in [-0.05, 0) is 59.6 Å². The maximum Gasteiger partial charge on any atom is 0.214 e. The number of fused-ring (bicyclic) bond motifs is 3. The Balaban J connectivity index is 1.57. The van der Waals surface area contributed by atoms with Crippen LogP contribution in [0.5, 0.6) is 17.2 Å². The van der Waals surface area contributed by atoms with Gasteiger partial charge in [0.25, 0.3) is 0 Å². The minimum atomic E-state index is -0.267. The number of hydrogen-bond acceptors (Lipinski definition) is 6. The van der Waals surface area contributed by atoms with E-state index in [1.807, 2.05) is 31.2 Å². The highest BCUT2D eigenvalue weighted by molar-refractivity contribution is 7.07. The number of para-hydroxylation sites is 1. The van der Waals surface area contributed by atoms with Crippen LogP contribution in [0, 0.1) is 0 Å². The summed E-state index contributed by atoms with van der Waals surface area (Å²) in [4.78, 5) is 0. The van der Waals surface area contributed by atoms with Gasteiger partial charge in [0.1, 0.15) is 5.75 Å². The zero-order chi connectivity index (χ0) is 19.8. The Morgan fingerprint density at radius 3 is 2.76 bits per heavy atom. The Hall–Kier alpha value is -2.99. The largest absolute Gasteiger partial charge is 0.497 e. The van der Waals surface area contributed by atoms with E-state index in [2.05, 4.69) is 40.0 Å². The second-order valence-corrected chi connectivity index (χ2v) is 7.79. The van der Waals surface area contributed by atoms with Crippen LogP contribution in [0.15, 0.2) is 64.4 Å². The van der Waals surface area contributed by atoms with Crippen molar-refractivity contribution in [1.82, 2.24) is 5.01 Å². The smallest absolute Gasteiger partial charge is 0.214 e. The molecule has 2 aliphatic rings. The molecule has 0 fully saturated rings. The van der Waals surface area contributed by atoms with Crippen LogP contribution in [-0.4, -0.2) is 24.4 Å². The predicted octanol–water partition coefficient (Wildman–Crippen LogP) is 5.40. The van der Waals surface area contributed by atoms with Crippen LogP contribution in [0.2, 0.25) is 0 Å². The van der Waals surface area contributed by atoms with E-state index >= 15 is 0 Å². The van der Waals surface area contributed by atoms with Gasteiger partial charge in [0.2, 0.25) is 6.23 Å². The summed E-state index contributed by atoms with van der Waals surface area (Å²) in [6.45, 7) is 2.59. The third-order valence-electron chi connectivity index (χ3n) is 5.33. The van der Waals surface area contributed by atoms with Crippen molar-refractivity contribution in [3.05, 3.63) is 76.0 Å². The molecule has 5 nitrogen and oxygen atoms in total. The molecule has 6 heteroatoms. The summed E-state index contributed by atoms with van der Waals surface area (Å²) in [5.41, 5.74) is 4.38. The van der Waals surface area contributed by atoms with E-state index in [9.17, 15) is 0 Å². The van der Waals surface area contributed by atoms with Crippen molar-refractivity contribution in [3.8, 4) is 17.2 Å². The second kappa shape index (κ2) is 7.44. The molecular weight excluding hydrogens is 384 g/mol. The average Bonchev–Trinajstić information content (AvgIpc) is 3.44. The van der Waals surface area contributed by atoms with Crippen molar-refractivity contribution in [2.75, 3.05) is 13.7 Å². The molecule has 2 atom stereocenters. The van der Waals surface area contributed by atoms with Gasteiger partial charge in [-0.1, -0.05) is 12.1 Å². The zero-order valence-corrected chi connectivity index (χ0v) is 17.2. The number of methoxy groups -OCH3 is 1. The van der Waals surface area contributed by atoms with Gasteiger partial charge >= 0.3 is 0 Å². The Morgan fingerprint density at radius 1 is 1.17 bits per heavy atom. The summed E-state index contributed by atoms with van der Waals surface area (Å²) in [7, 11) is 1.68. The molecule has 2 aromatic carbocycles. The number of thiophene rings is 1. The van der Waals surface area contributed by atoms with Crippen molar-refractivity contribution in [3.63, 3.8) is 0 Å². The van der Waals surface area contributed by atoms with Crippen molar-refractivity contribution in [2.24, 2.45) is 5.10 Å². The molecule has 0 saturated carbocycles. The van der Waals surface area contributed by atoms with Crippen molar-refractivity contribution in [2.45, 2.75) is 25.6 Å². The quantitative estimate of drug-likeness (QED) is 0.569. The lowest BCUT2D eigenvalue weighted by molar-refractivity contribution is -0.0209. The van der Waals surface area contributed by atoms with E-state index in [4.69, 9.17) is 19.3 Å². The number of rotatable bonds is 5. The molecule has 29 heavy (non-hydrogen) atoms. The highest BCUT2D eigenvalue weighted by atomic mass is 32.1. The molecule has 3 heterocycles. The van der Waals surface area contributed by atoms with E-state index < -0.39 is 0 Å². The van der Waals surface area contributed by atoms with Crippen LogP contribution in [0.25, 0.3) is 0 Å². The summed E-state index contributed by atoms with van der Waals surface area (Å²) < 4.78 is 17.6. The molecule has 2 unspecified atom stereocenters. The lowest BCUT2D eigenvalue weighted by Crippen LogP contribution is -2.33. The molecule has 0 aliphatic carbocycles. The van der Waals surface area contributed by atoms with E-state index in [0.717, 1.165) is 46.1 Å². The Bertz CT molecular complexity index is 1030. The van der Waals surface area contributed by atoms with Crippen LogP contribution >= 0.6 is 11.3 Å². The van der Waals surface area contributed by atoms with Gasteiger partial charge in [0.15, 0.2) is 11.5 Å². The molecule has 5 rings (SSSR count). The molecule has 0 N–H and O–H groups in total. The van der Waals surface area contributed by atoms with Gasteiger partial charge in [-0.3, -0.25) is 0 Å². The molecule has 148 valence electrons. The van der Waals surface area contributed by atoms with E-state index in [1.54, 1.807) is 18.4 Å². The van der Waals surface area contributed by atoms with Gasteiger partial charge in [-0.15, -0.1) is 0 Å². The molecule has 0 radical (unpaired) electrons. The molecule has 3 aromatic rings. The molecular formula is C23H22N2O3S. The summed E-state index contributed by atoms with van der Waals surface area (Å²) >= 11 is 1.66. The van der Waals surface area contributed by atoms with Gasteiger partial charge < -0.3 is 14.2 Å². The Labute approximate surface area is 174 Å². The summed E-state index contributed by atoms with van der Waals surface area (Å²) in [6, 6.07) is 16.4. The highest BCUT2D eigenvalue weighted by Gasteiger charge is 2.42. The molecule has 1 aromatic heterocycles. The van der Waals surface area contributed by atoms with Crippen LogP contribution in [0.3, 0.4) is 0 Å². The van der Waals surface area contributed by atoms with Crippen LogP contribution in [0.4, 0.5) is 0 Å². The molecule has 0 spiro atoms. The first-order chi connectivity index (χ1) is 14.3. The van der Waals surface area contributed by atoms with Crippen molar-refractivity contribution in [1.29, 1.82) is 0 Å². The van der Waals surface area contributed by atoms with Gasteiger partial charge in [-0.25, -0.2) is 5.01 Å². The van der Waals surface area contributed by atoms with E-state index in [-0.39, 0.29) is 12.3 Å². The third kappa shape index (κ3) is 3.13. The molecule has 0 amide bonds. The van der Waals surface area contributed by atoms with Crippen molar-refractivity contribution < 1.29 is 14.2 Å². The lowest BCUT2D eigenvalue weighted by atomic mass is 9.95. The van der Waals surface area contributed by atoms with E-state index in [0.29, 0.717) is 6.61 Å². The fourth-order valence-electron chi connectivity index (χ4n) is 3.95. The SMILES string of the molecule is CCOc1cccc2c1OC(c1ccsc1)N1N=C(c3ccc(OC)cc3)CC21. The molecule has 0 bridgehead atoms. The summed E-state index contributed by atoms with van der Waals surface area (Å²) in [5.74, 6) is 2.47.